The SMILES string of the molecule is CCN(Cc1ccccc1)C(=O)c1cccnn1. The highest BCUT2D eigenvalue weighted by molar-refractivity contribution is 5.92. The van der Waals surface area contributed by atoms with Gasteiger partial charge in [0.2, 0.25) is 0 Å². The first-order valence-corrected chi connectivity index (χ1v) is 5.92. The van der Waals surface area contributed by atoms with Gasteiger partial charge in [-0.3, -0.25) is 4.79 Å². The molecule has 92 valence electrons. The minimum atomic E-state index is -0.0885. The highest BCUT2D eigenvalue weighted by Gasteiger charge is 2.15. The predicted molar refractivity (Wildman–Crippen MR) is 68.9 cm³/mol. The second-order valence-corrected chi connectivity index (χ2v) is 3.91. The van der Waals surface area contributed by atoms with E-state index in [2.05, 4.69) is 10.2 Å². The summed E-state index contributed by atoms with van der Waals surface area (Å²) < 4.78 is 0. The van der Waals surface area contributed by atoms with E-state index in [0.717, 1.165) is 5.56 Å². The van der Waals surface area contributed by atoms with Gasteiger partial charge in [0, 0.05) is 19.3 Å². The van der Waals surface area contributed by atoms with E-state index in [0.29, 0.717) is 18.8 Å². The summed E-state index contributed by atoms with van der Waals surface area (Å²) in [5.74, 6) is -0.0885. The number of benzene rings is 1. The molecule has 0 saturated heterocycles. The van der Waals surface area contributed by atoms with Crippen molar-refractivity contribution in [2.75, 3.05) is 6.54 Å². The Bertz CT molecular complexity index is 499. The summed E-state index contributed by atoms with van der Waals surface area (Å²) >= 11 is 0. The Kier molecular flexibility index (Phi) is 4.02. The second-order valence-electron chi connectivity index (χ2n) is 3.91. The Morgan fingerprint density at radius 2 is 1.94 bits per heavy atom. The van der Waals surface area contributed by atoms with Gasteiger partial charge in [-0.05, 0) is 24.6 Å². The van der Waals surface area contributed by atoms with E-state index in [4.69, 9.17) is 0 Å². The molecule has 0 spiro atoms. The van der Waals surface area contributed by atoms with Gasteiger partial charge in [-0.25, -0.2) is 0 Å². The first-order valence-electron chi connectivity index (χ1n) is 5.92. The van der Waals surface area contributed by atoms with Crippen LogP contribution in [0.15, 0.2) is 48.7 Å². The number of carbonyl (C=O) groups excluding carboxylic acids is 1. The number of amides is 1. The second kappa shape index (κ2) is 5.91. The molecule has 0 bridgehead atoms. The molecule has 4 heteroatoms. The molecule has 0 atom stereocenters. The molecule has 1 heterocycles. The molecule has 1 amide bonds. The number of nitrogens with zero attached hydrogens (tertiary/aromatic N) is 3. The zero-order chi connectivity index (χ0) is 12.8. The molecule has 18 heavy (non-hydrogen) atoms. The molecule has 2 rings (SSSR count). The van der Waals surface area contributed by atoms with Gasteiger partial charge in [-0.1, -0.05) is 30.3 Å². The Balaban J connectivity index is 2.12. The standard InChI is InChI=1S/C14H15N3O/c1-2-17(11-12-7-4-3-5-8-12)14(18)13-9-6-10-15-16-13/h3-10H,2,11H2,1H3. The summed E-state index contributed by atoms with van der Waals surface area (Å²) in [7, 11) is 0. The van der Waals surface area contributed by atoms with Gasteiger partial charge in [-0.2, -0.15) is 5.10 Å². The highest BCUT2D eigenvalue weighted by atomic mass is 16.2. The van der Waals surface area contributed by atoms with E-state index in [9.17, 15) is 4.79 Å². The predicted octanol–water partition coefficient (Wildman–Crippen LogP) is 2.14. The molecular formula is C14H15N3O. The number of hydrogen-bond acceptors (Lipinski definition) is 3. The Morgan fingerprint density at radius 1 is 1.17 bits per heavy atom. The molecule has 0 fully saturated rings. The molecule has 1 aromatic heterocycles. The van der Waals surface area contributed by atoms with Crippen molar-refractivity contribution < 1.29 is 4.79 Å². The summed E-state index contributed by atoms with van der Waals surface area (Å²) in [6, 6.07) is 13.3. The van der Waals surface area contributed by atoms with Crippen LogP contribution in [-0.4, -0.2) is 27.5 Å². The lowest BCUT2D eigenvalue weighted by Crippen LogP contribution is -2.31. The van der Waals surface area contributed by atoms with Crippen molar-refractivity contribution in [3.63, 3.8) is 0 Å². The number of rotatable bonds is 4. The van der Waals surface area contributed by atoms with Crippen molar-refractivity contribution in [2.45, 2.75) is 13.5 Å². The summed E-state index contributed by atoms with van der Waals surface area (Å²) in [5, 5.41) is 7.58. The number of aromatic nitrogens is 2. The first-order chi connectivity index (χ1) is 8.81. The largest absolute Gasteiger partial charge is 0.333 e. The fourth-order valence-corrected chi connectivity index (χ4v) is 1.71. The van der Waals surface area contributed by atoms with Crippen LogP contribution in [0.5, 0.6) is 0 Å². The van der Waals surface area contributed by atoms with Crippen LogP contribution in [0.4, 0.5) is 0 Å². The Hall–Kier alpha value is -2.23. The molecular weight excluding hydrogens is 226 g/mol. The van der Waals surface area contributed by atoms with E-state index in [-0.39, 0.29) is 5.91 Å². The molecule has 0 radical (unpaired) electrons. The molecule has 2 aromatic rings. The molecule has 4 nitrogen and oxygen atoms in total. The van der Waals surface area contributed by atoms with Gasteiger partial charge >= 0.3 is 0 Å². The van der Waals surface area contributed by atoms with Crippen molar-refractivity contribution in [2.24, 2.45) is 0 Å². The molecule has 1 aromatic carbocycles. The van der Waals surface area contributed by atoms with Crippen LogP contribution < -0.4 is 0 Å². The molecule has 0 aliphatic carbocycles. The van der Waals surface area contributed by atoms with Gasteiger partial charge in [0.1, 0.15) is 0 Å². The average molecular weight is 241 g/mol. The molecule has 0 unspecified atom stereocenters. The lowest BCUT2D eigenvalue weighted by Gasteiger charge is -2.20. The third kappa shape index (κ3) is 2.91. The quantitative estimate of drug-likeness (QED) is 0.823. The summed E-state index contributed by atoms with van der Waals surface area (Å²) in [5.41, 5.74) is 1.49. The maximum atomic E-state index is 12.2. The van der Waals surface area contributed by atoms with Crippen LogP contribution in [0.25, 0.3) is 0 Å². The lowest BCUT2D eigenvalue weighted by molar-refractivity contribution is 0.0745. The Labute approximate surface area is 106 Å². The molecule has 0 saturated carbocycles. The number of carbonyl (C=O) groups is 1. The zero-order valence-corrected chi connectivity index (χ0v) is 10.3. The van der Waals surface area contributed by atoms with Crippen LogP contribution in [0.3, 0.4) is 0 Å². The van der Waals surface area contributed by atoms with Crippen LogP contribution in [0, 0.1) is 0 Å². The van der Waals surface area contributed by atoms with E-state index >= 15 is 0 Å². The Morgan fingerprint density at radius 3 is 2.56 bits per heavy atom. The van der Waals surface area contributed by atoms with Gasteiger partial charge < -0.3 is 4.90 Å². The van der Waals surface area contributed by atoms with Crippen molar-refractivity contribution in [3.8, 4) is 0 Å². The molecule has 0 aliphatic rings. The monoisotopic (exact) mass is 241 g/mol. The lowest BCUT2D eigenvalue weighted by atomic mass is 10.2. The van der Waals surface area contributed by atoms with E-state index in [1.165, 1.54) is 0 Å². The summed E-state index contributed by atoms with van der Waals surface area (Å²) in [4.78, 5) is 14.0. The van der Waals surface area contributed by atoms with E-state index in [1.54, 1.807) is 23.2 Å². The third-order valence-corrected chi connectivity index (χ3v) is 2.68. The van der Waals surface area contributed by atoms with Crippen LogP contribution in [0.2, 0.25) is 0 Å². The minimum Gasteiger partial charge on any atom is -0.333 e. The third-order valence-electron chi connectivity index (χ3n) is 2.68. The van der Waals surface area contributed by atoms with Gasteiger partial charge in [0.15, 0.2) is 5.69 Å². The first kappa shape index (κ1) is 12.2. The number of hydrogen-bond donors (Lipinski definition) is 0. The normalized spacial score (nSPS) is 10.1. The van der Waals surface area contributed by atoms with E-state index < -0.39 is 0 Å². The van der Waals surface area contributed by atoms with Crippen molar-refractivity contribution in [3.05, 3.63) is 59.9 Å². The summed E-state index contributed by atoms with van der Waals surface area (Å²) in [6.07, 6.45) is 1.56. The minimum absolute atomic E-state index is 0.0885. The van der Waals surface area contributed by atoms with E-state index in [1.807, 2.05) is 37.3 Å². The van der Waals surface area contributed by atoms with Crippen molar-refractivity contribution >= 4 is 5.91 Å². The zero-order valence-electron chi connectivity index (χ0n) is 10.3. The van der Waals surface area contributed by atoms with Gasteiger partial charge in [0.25, 0.3) is 5.91 Å². The van der Waals surface area contributed by atoms with Crippen LogP contribution in [-0.2, 0) is 6.54 Å². The van der Waals surface area contributed by atoms with Crippen molar-refractivity contribution in [1.29, 1.82) is 0 Å². The van der Waals surface area contributed by atoms with Crippen LogP contribution in [0.1, 0.15) is 23.0 Å². The summed E-state index contributed by atoms with van der Waals surface area (Å²) in [6.45, 7) is 3.19. The van der Waals surface area contributed by atoms with Crippen molar-refractivity contribution in [1.82, 2.24) is 15.1 Å². The van der Waals surface area contributed by atoms with Crippen LogP contribution >= 0.6 is 0 Å². The molecule has 0 aliphatic heterocycles. The van der Waals surface area contributed by atoms with Gasteiger partial charge in [-0.15, -0.1) is 5.10 Å². The fourth-order valence-electron chi connectivity index (χ4n) is 1.71. The highest BCUT2D eigenvalue weighted by Crippen LogP contribution is 2.07. The average Bonchev–Trinajstić information content (AvgIpc) is 2.46. The fraction of sp³-hybridized carbons (Fsp3) is 0.214. The maximum Gasteiger partial charge on any atom is 0.274 e. The maximum absolute atomic E-state index is 12.2. The smallest absolute Gasteiger partial charge is 0.274 e. The topological polar surface area (TPSA) is 46.1 Å². The van der Waals surface area contributed by atoms with Gasteiger partial charge in [0.05, 0.1) is 0 Å². The molecule has 0 N–H and O–H groups in total.